The molecular weight excluding hydrogens is 416 g/mol. The maximum Gasteiger partial charge on any atom is 0.266 e. The Morgan fingerprint density at radius 3 is 2.65 bits per heavy atom. The minimum Gasteiger partial charge on any atom is -0.507 e. The molecule has 1 fully saturated rings. The van der Waals surface area contributed by atoms with Crippen LogP contribution in [0.25, 0.3) is 6.08 Å². The quantitative estimate of drug-likeness (QED) is 0.705. The van der Waals surface area contributed by atoms with Crippen molar-refractivity contribution < 1.29 is 14.6 Å². The summed E-state index contributed by atoms with van der Waals surface area (Å²) in [7, 11) is 1.61. The van der Waals surface area contributed by atoms with Crippen LogP contribution in [0.4, 0.5) is 5.69 Å². The first-order valence-corrected chi connectivity index (χ1v) is 9.55. The zero-order chi connectivity index (χ0) is 18.7. The van der Waals surface area contributed by atoms with E-state index in [0.717, 1.165) is 15.9 Å². The molecule has 1 heterocycles. The summed E-state index contributed by atoms with van der Waals surface area (Å²) in [6.07, 6.45) is 1.69. The lowest BCUT2D eigenvalue weighted by Crippen LogP contribution is -2.28. The van der Waals surface area contributed by atoms with E-state index in [0.29, 0.717) is 22.2 Å². The maximum absolute atomic E-state index is 12.7. The number of carbonyl (C=O) groups is 1. The average molecular weight is 433 g/mol. The minimum atomic E-state index is -0.121. The van der Waals surface area contributed by atoms with Gasteiger partial charge in [0.2, 0.25) is 0 Å². The summed E-state index contributed by atoms with van der Waals surface area (Å²) in [5.74, 6) is 0.754. The van der Waals surface area contributed by atoms with Gasteiger partial charge in [-0.3, -0.25) is 9.69 Å². The maximum atomic E-state index is 12.7. The Hall–Kier alpha value is -2.25. The van der Waals surface area contributed by atoms with Crippen LogP contribution in [-0.2, 0) is 4.79 Å². The summed E-state index contributed by atoms with van der Waals surface area (Å²) in [5, 5.41) is 10.6. The highest BCUT2D eigenvalue weighted by atomic mass is 79.9. The van der Waals surface area contributed by atoms with Crippen molar-refractivity contribution in [2.24, 2.45) is 4.99 Å². The van der Waals surface area contributed by atoms with Gasteiger partial charge in [0.15, 0.2) is 5.17 Å². The number of aromatic hydroxyl groups is 1. The molecule has 3 rings (SSSR count). The molecule has 1 amide bonds. The molecule has 7 heteroatoms. The first-order valence-electron chi connectivity index (χ1n) is 7.94. The molecule has 0 spiro atoms. The zero-order valence-electron chi connectivity index (χ0n) is 14.3. The summed E-state index contributed by atoms with van der Waals surface area (Å²) in [5.41, 5.74) is 1.32. The van der Waals surface area contributed by atoms with Gasteiger partial charge >= 0.3 is 0 Å². The number of likely N-dealkylation sites (N-methyl/N-ethyl adjacent to an activating group) is 1. The largest absolute Gasteiger partial charge is 0.507 e. The van der Waals surface area contributed by atoms with Gasteiger partial charge in [0.1, 0.15) is 11.5 Å². The number of benzene rings is 2. The van der Waals surface area contributed by atoms with Crippen LogP contribution in [0.2, 0.25) is 0 Å². The third-order valence-electron chi connectivity index (χ3n) is 3.78. The monoisotopic (exact) mass is 432 g/mol. The fourth-order valence-corrected chi connectivity index (χ4v) is 3.85. The number of phenolic OH excluding ortho intramolecular Hbond substituents is 1. The van der Waals surface area contributed by atoms with Crippen LogP contribution in [0.5, 0.6) is 11.5 Å². The number of hydrogen-bond donors (Lipinski definition) is 1. The van der Waals surface area contributed by atoms with Crippen LogP contribution >= 0.6 is 27.7 Å². The van der Waals surface area contributed by atoms with E-state index >= 15 is 0 Å². The average Bonchev–Trinajstić information content (AvgIpc) is 2.93. The Morgan fingerprint density at radius 1 is 1.27 bits per heavy atom. The van der Waals surface area contributed by atoms with E-state index in [1.165, 1.54) is 11.8 Å². The number of methoxy groups -OCH3 is 1. The van der Waals surface area contributed by atoms with Crippen LogP contribution in [0.3, 0.4) is 0 Å². The normalized spacial score (nSPS) is 17.3. The van der Waals surface area contributed by atoms with Gasteiger partial charge in [-0.2, -0.15) is 0 Å². The minimum absolute atomic E-state index is 0.121. The summed E-state index contributed by atoms with van der Waals surface area (Å²) >= 11 is 4.67. The van der Waals surface area contributed by atoms with Crippen molar-refractivity contribution in [2.75, 3.05) is 13.7 Å². The molecule has 1 aliphatic rings. The SMILES string of the molecule is CCN1C(=O)C(=Cc2cc(Br)ccc2O)SC1=Nc1ccc(OC)cc1. The molecule has 0 radical (unpaired) electrons. The number of thioether (sulfide) groups is 1. The zero-order valence-corrected chi connectivity index (χ0v) is 16.7. The molecule has 1 N–H and O–H groups in total. The number of carbonyl (C=O) groups excluding carboxylic acids is 1. The summed E-state index contributed by atoms with van der Waals surface area (Å²) < 4.78 is 5.98. The molecule has 5 nitrogen and oxygen atoms in total. The molecule has 0 atom stereocenters. The van der Waals surface area contributed by atoms with Gasteiger partial charge in [-0.15, -0.1) is 0 Å². The molecular formula is C19H17BrN2O3S. The number of nitrogens with zero attached hydrogens (tertiary/aromatic N) is 2. The van der Waals surface area contributed by atoms with Gasteiger partial charge in [-0.05, 0) is 67.2 Å². The lowest BCUT2D eigenvalue weighted by molar-refractivity contribution is -0.122. The summed E-state index contributed by atoms with van der Waals surface area (Å²) in [6.45, 7) is 2.42. The van der Waals surface area contributed by atoms with E-state index in [9.17, 15) is 9.90 Å². The highest BCUT2D eigenvalue weighted by Gasteiger charge is 2.32. The van der Waals surface area contributed by atoms with Crippen molar-refractivity contribution >= 4 is 50.5 Å². The van der Waals surface area contributed by atoms with E-state index in [4.69, 9.17) is 4.74 Å². The first-order chi connectivity index (χ1) is 12.5. The lowest BCUT2D eigenvalue weighted by Gasteiger charge is -2.12. The third-order valence-corrected chi connectivity index (χ3v) is 5.28. The van der Waals surface area contributed by atoms with Gasteiger partial charge < -0.3 is 9.84 Å². The van der Waals surface area contributed by atoms with E-state index in [-0.39, 0.29) is 11.7 Å². The lowest BCUT2D eigenvalue weighted by atomic mass is 10.2. The van der Waals surface area contributed by atoms with Gasteiger partial charge in [0, 0.05) is 16.6 Å². The topological polar surface area (TPSA) is 62.1 Å². The molecule has 26 heavy (non-hydrogen) atoms. The van der Waals surface area contributed by atoms with Crippen molar-refractivity contribution in [3.63, 3.8) is 0 Å². The van der Waals surface area contributed by atoms with Gasteiger partial charge in [-0.1, -0.05) is 15.9 Å². The first kappa shape index (κ1) is 18.5. The molecule has 0 saturated carbocycles. The second-order valence-corrected chi connectivity index (χ2v) is 7.38. The number of aliphatic imine (C=N–C) groups is 1. The van der Waals surface area contributed by atoms with Crippen LogP contribution in [0.1, 0.15) is 12.5 Å². The molecule has 0 unspecified atom stereocenters. The van der Waals surface area contributed by atoms with Crippen LogP contribution in [-0.4, -0.2) is 34.7 Å². The number of halogens is 1. The second-order valence-electron chi connectivity index (χ2n) is 5.46. The predicted molar refractivity (Wildman–Crippen MR) is 109 cm³/mol. The van der Waals surface area contributed by atoms with E-state index < -0.39 is 0 Å². The molecule has 0 aromatic heterocycles. The number of ether oxygens (including phenoxy) is 1. The van der Waals surface area contributed by atoms with Crippen LogP contribution in [0.15, 0.2) is 56.8 Å². The molecule has 0 bridgehead atoms. The van der Waals surface area contributed by atoms with E-state index in [1.807, 2.05) is 31.2 Å². The van der Waals surface area contributed by atoms with Gasteiger partial charge in [0.05, 0.1) is 17.7 Å². The smallest absolute Gasteiger partial charge is 0.266 e. The molecule has 134 valence electrons. The number of amidine groups is 1. The Labute approximate surface area is 164 Å². The van der Waals surface area contributed by atoms with Gasteiger partial charge in [-0.25, -0.2) is 4.99 Å². The number of phenols is 1. The molecule has 1 aliphatic heterocycles. The summed E-state index contributed by atoms with van der Waals surface area (Å²) in [4.78, 5) is 19.4. The summed E-state index contributed by atoms with van der Waals surface area (Å²) in [6, 6.07) is 12.4. The van der Waals surface area contributed by atoms with Crippen LogP contribution < -0.4 is 4.74 Å². The number of hydrogen-bond acceptors (Lipinski definition) is 5. The Kier molecular flexibility index (Phi) is 5.68. The highest BCUT2D eigenvalue weighted by Crippen LogP contribution is 2.36. The fraction of sp³-hybridized carbons (Fsp3) is 0.158. The van der Waals surface area contributed by atoms with Crippen molar-refractivity contribution in [3.8, 4) is 11.5 Å². The molecule has 2 aromatic carbocycles. The van der Waals surface area contributed by atoms with E-state index in [1.54, 1.807) is 36.3 Å². The van der Waals surface area contributed by atoms with E-state index in [2.05, 4.69) is 20.9 Å². The molecule has 0 aliphatic carbocycles. The molecule has 1 saturated heterocycles. The van der Waals surface area contributed by atoms with Crippen molar-refractivity contribution in [1.82, 2.24) is 4.90 Å². The Morgan fingerprint density at radius 2 is 2.00 bits per heavy atom. The Bertz CT molecular complexity index is 894. The fourth-order valence-electron chi connectivity index (χ4n) is 2.42. The standard InChI is InChI=1S/C19H17BrN2O3S/c1-3-22-18(24)17(11-12-10-13(20)4-9-16(12)23)26-19(22)21-14-5-7-15(25-2)8-6-14/h4-11,23H,3H2,1-2H3. The number of amides is 1. The second kappa shape index (κ2) is 7.97. The van der Waals surface area contributed by atoms with Crippen molar-refractivity contribution in [3.05, 3.63) is 57.4 Å². The van der Waals surface area contributed by atoms with Crippen molar-refractivity contribution in [1.29, 1.82) is 0 Å². The van der Waals surface area contributed by atoms with Gasteiger partial charge in [0.25, 0.3) is 5.91 Å². The van der Waals surface area contributed by atoms with Crippen LogP contribution in [0, 0.1) is 0 Å². The predicted octanol–water partition coefficient (Wildman–Crippen LogP) is 4.79. The molecule has 2 aromatic rings. The van der Waals surface area contributed by atoms with Crippen molar-refractivity contribution in [2.45, 2.75) is 6.92 Å². The number of rotatable bonds is 4. The third kappa shape index (κ3) is 3.94. The Balaban J connectivity index is 1.93. The highest BCUT2D eigenvalue weighted by molar-refractivity contribution is 9.10.